The number of carboxylic acid groups (broad SMARTS) is 1. The molecule has 0 unspecified atom stereocenters. The highest BCUT2D eigenvalue weighted by molar-refractivity contribution is 5.76. The van der Waals surface area contributed by atoms with Crippen LogP contribution in [0.4, 0.5) is 0 Å². The predicted molar refractivity (Wildman–Crippen MR) is 222 cm³/mol. The van der Waals surface area contributed by atoms with Gasteiger partial charge in [-0.2, -0.15) is 0 Å². The summed E-state index contributed by atoms with van der Waals surface area (Å²) in [4.78, 5) is 11.6. The van der Waals surface area contributed by atoms with Gasteiger partial charge in [0.15, 0.2) is 17.2 Å². The van der Waals surface area contributed by atoms with Crippen molar-refractivity contribution < 1.29 is 73.7 Å². The molecule has 7 aliphatic rings. The number of ether oxygens (including phenoxy) is 7. The fourth-order valence-electron chi connectivity index (χ4n) is 10.5. The van der Waals surface area contributed by atoms with Crippen molar-refractivity contribution in [2.75, 3.05) is 19.8 Å². The molecule has 7 N–H and O–H groups in total. The lowest BCUT2D eigenvalue weighted by Crippen LogP contribution is -2.60. The number of fused-ring (bicyclic) bond motifs is 1. The zero-order chi connectivity index (χ0) is 44.3. The molecule has 17 atom stereocenters. The zero-order valence-corrected chi connectivity index (χ0v) is 36.9. The molecule has 0 amide bonds. The Balaban J connectivity index is 0.00000149. The lowest BCUT2D eigenvalue weighted by molar-refractivity contribution is -0.321. The van der Waals surface area contributed by atoms with Gasteiger partial charge >= 0.3 is 5.97 Å². The highest BCUT2D eigenvalue weighted by Crippen LogP contribution is 2.47. The van der Waals surface area contributed by atoms with Gasteiger partial charge in [0.25, 0.3) is 0 Å². The highest BCUT2D eigenvalue weighted by atomic mass is 16.7. The van der Waals surface area contributed by atoms with Crippen LogP contribution in [0.15, 0.2) is 36.0 Å². The van der Waals surface area contributed by atoms with Crippen molar-refractivity contribution in [3.63, 3.8) is 0 Å². The molecule has 15 heteroatoms. The van der Waals surface area contributed by atoms with Crippen LogP contribution in [0.2, 0.25) is 0 Å². The van der Waals surface area contributed by atoms with Crippen LogP contribution in [-0.4, -0.2) is 146 Å². The number of carboxylic acids is 1. The minimum absolute atomic E-state index is 0.0423. The van der Waals surface area contributed by atoms with Gasteiger partial charge in [0, 0.05) is 38.0 Å². The molecule has 15 nitrogen and oxygen atoms in total. The summed E-state index contributed by atoms with van der Waals surface area (Å²) < 4.78 is 45.2. The summed E-state index contributed by atoms with van der Waals surface area (Å²) in [6.07, 6.45) is 9.37. The minimum atomic E-state index is -1.96. The van der Waals surface area contributed by atoms with E-state index in [0.29, 0.717) is 56.4 Å². The van der Waals surface area contributed by atoms with E-state index in [0.717, 1.165) is 50.7 Å². The molecule has 0 aromatic carbocycles. The summed E-state index contributed by atoms with van der Waals surface area (Å²) in [5.74, 6) is -3.82. The molecule has 0 aromatic rings. The van der Waals surface area contributed by atoms with Gasteiger partial charge in [-0.25, -0.2) is 4.79 Å². The second-order valence-corrected chi connectivity index (χ2v) is 19.3. The molecule has 0 aromatic heterocycles. The monoisotopic (exact) mass is 867 g/mol. The Morgan fingerprint density at radius 3 is 2.38 bits per heavy atom. The largest absolute Gasteiger partial charge is 0.479 e. The fraction of sp³-hybridized carbons (Fsp3) is 0.848. The van der Waals surface area contributed by atoms with Crippen LogP contribution in [-0.2, 0) is 38.0 Å². The van der Waals surface area contributed by atoms with Crippen molar-refractivity contribution in [1.29, 1.82) is 0 Å². The van der Waals surface area contributed by atoms with Gasteiger partial charge in [-0.1, -0.05) is 45.1 Å². The molecular weight excluding hydrogens is 792 g/mol. The number of aliphatic carboxylic acids is 1. The van der Waals surface area contributed by atoms with Crippen molar-refractivity contribution in [2.24, 2.45) is 17.8 Å². The van der Waals surface area contributed by atoms with Crippen LogP contribution >= 0.6 is 0 Å². The normalized spacial score (nSPS) is 42.9. The maximum atomic E-state index is 11.6. The number of hydrogen-bond donors (Lipinski definition) is 7. The predicted octanol–water partition coefficient (Wildman–Crippen LogP) is 4.18. The third-order valence-corrected chi connectivity index (χ3v) is 14.1. The van der Waals surface area contributed by atoms with E-state index in [1.54, 1.807) is 6.08 Å². The van der Waals surface area contributed by atoms with Crippen molar-refractivity contribution in [3.05, 3.63) is 36.0 Å². The van der Waals surface area contributed by atoms with E-state index in [1.165, 1.54) is 6.92 Å². The Morgan fingerprint density at radius 1 is 0.967 bits per heavy atom. The van der Waals surface area contributed by atoms with Crippen LogP contribution in [0.1, 0.15) is 125 Å². The van der Waals surface area contributed by atoms with Crippen LogP contribution < -0.4 is 0 Å². The number of hydrogen-bond acceptors (Lipinski definition) is 14. The first-order valence-electron chi connectivity index (χ1n) is 22.8. The minimum Gasteiger partial charge on any atom is -0.479 e. The molecule has 0 bridgehead atoms. The van der Waals surface area contributed by atoms with Gasteiger partial charge in [0.05, 0.1) is 56.4 Å². The third-order valence-electron chi connectivity index (χ3n) is 14.1. The molecule has 7 heterocycles. The lowest BCUT2D eigenvalue weighted by Gasteiger charge is -2.50. The number of aliphatic hydroxyl groups excluding tert-OH is 5. The van der Waals surface area contributed by atoms with Crippen molar-refractivity contribution in [3.8, 4) is 0 Å². The maximum absolute atomic E-state index is 11.6. The zero-order valence-electron chi connectivity index (χ0n) is 36.9. The van der Waals surface area contributed by atoms with E-state index in [1.807, 2.05) is 19.9 Å². The van der Waals surface area contributed by atoms with Crippen LogP contribution in [0.25, 0.3) is 0 Å². The van der Waals surface area contributed by atoms with Crippen molar-refractivity contribution >= 4 is 5.97 Å². The SMILES string of the molecule is C=C1[C@@H](O)[C@@H]2O[C@]3(CC[C@H](/C=C/[C@@H](C)[C@@H]4CC(C)=C[C@@]5(O[C@H](C[C@@](C)(O)C(=O)O)CC[C@H]5O)O4)O3)CC[C@H]2O[C@@H]1[C@@H](O)C[C@H](C)[C@H]1O[C@@]2(CCCCO2)CC[C@H]1C.OCCO. The average Bonchev–Trinajstić information content (AvgIpc) is 3.62. The molecule has 7 rings (SSSR count). The molecule has 348 valence electrons. The first kappa shape index (κ1) is 48.6. The van der Waals surface area contributed by atoms with Gasteiger partial charge in [0.2, 0.25) is 5.79 Å². The Morgan fingerprint density at radius 2 is 1.69 bits per heavy atom. The maximum Gasteiger partial charge on any atom is 0.335 e. The van der Waals surface area contributed by atoms with Gasteiger partial charge in [-0.15, -0.1) is 0 Å². The van der Waals surface area contributed by atoms with E-state index in [9.17, 15) is 30.3 Å². The van der Waals surface area contributed by atoms with E-state index < -0.39 is 71.7 Å². The molecule has 6 saturated heterocycles. The van der Waals surface area contributed by atoms with Crippen molar-refractivity contribution in [1.82, 2.24) is 0 Å². The van der Waals surface area contributed by atoms with Gasteiger partial charge < -0.3 is 68.9 Å². The average molecular weight is 867 g/mol. The van der Waals surface area contributed by atoms with Crippen LogP contribution in [0.3, 0.4) is 0 Å². The summed E-state index contributed by atoms with van der Waals surface area (Å²) in [5.41, 5.74) is -0.551. The highest BCUT2D eigenvalue weighted by Gasteiger charge is 2.55. The third kappa shape index (κ3) is 11.2. The molecule has 0 radical (unpaired) electrons. The van der Waals surface area contributed by atoms with Gasteiger partial charge in [-0.3, -0.25) is 0 Å². The second-order valence-electron chi connectivity index (χ2n) is 19.3. The molecule has 3 spiro atoms. The molecule has 0 aliphatic carbocycles. The Labute approximate surface area is 361 Å². The van der Waals surface area contributed by atoms with Gasteiger partial charge in [-0.05, 0) is 95.1 Å². The number of rotatable bonds is 11. The first-order valence-corrected chi connectivity index (χ1v) is 22.8. The number of aliphatic hydroxyl groups is 6. The summed E-state index contributed by atoms with van der Waals surface area (Å²) in [7, 11) is 0. The van der Waals surface area contributed by atoms with Crippen molar-refractivity contribution in [2.45, 2.75) is 209 Å². The molecule has 61 heavy (non-hydrogen) atoms. The number of carbonyl (C=O) groups is 1. The summed E-state index contributed by atoms with van der Waals surface area (Å²) in [5, 5.41) is 69.3. The van der Waals surface area contributed by atoms with Gasteiger partial charge in [0.1, 0.15) is 24.4 Å². The Hall–Kier alpha value is -1.83. The quantitative estimate of drug-likeness (QED) is 0.145. The van der Waals surface area contributed by atoms with E-state index in [-0.39, 0.29) is 49.8 Å². The van der Waals surface area contributed by atoms with Crippen LogP contribution in [0.5, 0.6) is 0 Å². The summed E-state index contributed by atoms with van der Waals surface area (Å²) in [6, 6.07) is 0. The molecule has 7 aliphatic heterocycles. The molecular formula is C46H74O15. The fourth-order valence-corrected chi connectivity index (χ4v) is 10.5. The standard InChI is InChI=1S/C44H68O13.C2H6O2/c1-25-21-34(55-44(23-25)35(46)12-11-31(54-44)24-41(6,50)40(48)49)26(2)9-10-30-14-18-43(53-30)19-15-33-39(57-43)36(47)29(5)38(52-33)32(45)22-28(4)37-27(3)13-17-42(56-37)16-7-8-20-51-42;3-1-2-4/h9-10,23,26-28,30-39,45-47,50H,5,7-8,11-22,24H2,1-4,6H3,(H,48,49);3-4H,1-2H2/b10-9+;/t26-,27-,28+,30+,31+,32+,33-,34+,35-,36-,37+,38+,39-,41-,42+,43-,44-;/m1./s1. The van der Waals surface area contributed by atoms with E-state index >= 15 is 0 Å². The molecule has 0 saturated carbocycles. The topological polar surface area (TPSA) is 223 Å². The van der Waals surface area contributed by atoms with Crippen LogP contribution in [0, 0.1) is 17.8 Å². The second kappa shape index (κ2) is 20.1. The van der Waals surface area contributed by atoms with E-state index in [4.69, 9.17) is 43.4 Å². The first-order chi connectivity index (χ1) is 28.8. The van der Waals surface area contributed by atoms with E-state index in [2.05, 4.69) is 26.5 Å². The Bertz CT molecular complexity index is 1540. The lowest BCUT2D eigenvalue weighted by atomic mass is 9.79. The summed E-state index contributed by atoms with van der Waals surface area (Å²) in [6.45, 7) is 14.3. The summed E-state index contributed by atoms with van der Waals surface area (Å²) >= 11 is 0. The smallest absolute Gasteiger partial charge is 0.335 e. The molecule has 6 fully saturated rings. The Kier molecular flexibility index (Phi) is 16.1.